The van der Waals surface area contributed by atoms with E-state index in [0.717, 1.165) is 29.7 Å². The summed E-state index contributed by atoms with van der Waals surface area (Å²) in [5.41, 5.74) is 3.19. The second-order valence-corrected chi connectivity index (χ2v) is 7.88. The number of carbonyl (C=O) groups excluding carboxylic acids is 1. The van der Waals surface area contributed by atoms with E-state index < -0.39 is 4.92 Å². The van der Waals surface area contributed by atoms with Crippen LogP contribution in [0.1, 0.15) is 53.2 Å². The molecule has 0 saturated carbocycles. The standard InChI is InChI=1S/C22H22ClN3O3/c1-2-11-24-22(27)17-8-4-7-16-14-5-3-6-15(14)20(25-21(16)17)13-9-10-18(23)19(12-13)26(28)29/h3-5,7-10,12,14-15,20,25H,2,6,11H2,1H3,(H,24,27). The van der Waals surface area contributed by atoms with Crippen molar-refractivity contribution in [2.75, 3.05) is 11.9 Å². The number of hydrogen-bond donors (Lipinski definition) is 2. The number of nitrogens with one attached hydrogen (secondary N) is 2. The van der Waals surface area contributed by atoms with Gasteiger partial charge < -0.3 is 10.6 Å². The number of nitrogens with zero attached hydrogens (tertiary/aromatic N) is 1. The Labute approximate surface area is 174 Å². The third kappa shape index (κ3) is 3.49. The van der Waals surface area contributed by atoms with E-state index in [0.29, 0.717) is 12.1 Å². The van der Waals surface area contributed by atoms with Crippen LogP contribution in [0.15, 0.2) is 48.6 Å². The Hall–Kier alpha value is -2.86. The van der Waals surface area contributed by atoms with Crippen LogP contribution in [-0.4, -0.2) is 17.4 Å². The highest BCUT2D eigenvalue weighted by atomic mass is 35.5. The van der Waals surface area contributed by atoms with Crippen LogP contribution >= 0.6 is 11.6 Å². The second-order valence-electron chi connectivity index (χ2n) is 7.47. The van der Waals surface area contributed by atoms with Crippen molar-refractivity contribution in [1.29, 1.82) is 0 Å². The first-order chi connectivity index (χ1) is 14.0. The van der Waals surface area contributed by atoms with Crippen LogP contribution in [0.25, 0.3) is 0 Å². The van der Waals surface area contributed by atoms with Gasteiger partial charge in [0.1, 0.15) is 5.02 Å². The number of hydrogen-bond acceptors (Lipinski definition) is 4. The largest absolute Gasteiger partial charge is 0.377 e. The molecule has 7 heteroatoms. The zero-order valence-electron chi connectivity index (χ0n) is 16.0. The lowest BCUT2D eigenvalue weighted by Gasteiger charge is -2.38. The van der Waals surface area contributed by atoms with Crippen LogP contribution in [0.3, 0.4) is 0 Å². The number of fused-ring (bicyclic) bond motifs is 3. The van der Waals surface area contributed by atoms with Crippen molar-refractivity contribution in [3.63, 3.8) is 0 Å². The van der Waals surface area contributed by atoms with E-state index >= 15 is 0 Å². The summed E-state index contributed by atoms with van der Waals surface area (Å²) < 4.78 is 0. The van der Waals surface area contributed by atoms with Crippen molar-refractivity contribution in [3.8, 4) is 0 Å². The van der Waals surface area contributed by atoms with Crippen LogP contribution in [0.4, 0.5) is 11.4 Å². The molecule has 2 N–H and O–H groups in total. The number of anilines is 1. The Balaban J connectivity index is 1.77. The Morgan fingerprint density at radius 3 is 2.93 bits per heavy atom. The average molecular weight is 412 g/mol. The van der Waals surface area contributed by atoms with Crippen LogP contribution in [0, 0.1) is 16.0 Å². The molecule has 29 heavy (non-hydrogen) atoms. The number of nitro groups is 1. The van der Waals surface area contributed by atoms with Gasteiger partial charge in [-0.2, -0.15) is 0 Å². The minimum Gasteiger partial charge on any atom is -0.377 e. The minimum absolute atomic E-state index is 0.103. The van der Waals surface area contributed by atoms with Gasteiger partial charge in [-0.1, -0.05) is 48.9 Å². The first-order valence-electron chi connectivity index (χ1n) is 9.79. The first kappa shape index (κ1) is 19.5. The Bertz CT molecular complexity index is 1000. The van der Waals surface area contributed by atoms with Crippen LogP contribution < -0.4 is 10.6 Å². The number of allylic oxidation sites excluding steroid dienone is 2. The summed E-state index contributed by atoms with van der Waals surface area (Å²) in [5.74, 6) is 0.264. The number of rotatable bonds is 5. The maximum absolute atomic E-state index is 12.7. The summed E-state index contributed by atoms with van der Waals surface area (Å²) >= 11 is 6.01. The molecule has 150 valence electrons. The fourth-order valence-corrected chi connectivity index (χ4v) is 4.52. The molecule has 3 atom stereocenters. The summed E-state index contributed by atoms with van der Waals surface area (Å²) in [5, 5.41) is 18.0. The van der Waals surface area contributed by atoms with E-state index in [4.69, 9.17) is 11.6 Å². The van der Waals surface area contributed by atoms with E-state index in [-0.39, 0.29) is 34.5 Å². The monoisotopic (exact) mass is 411 g/mol. The molecule has 3 unspecified atom stereocenters. The van der Waals surface area contributed by atoms with Gasteiger partial charge in [0.05, 0.1) is 22.2 Å². The average Bonchev–Trinajstić information content (AvgIpc) is 3.21. The number of carbonyl (C=O) groups is 1. The maximum atomic E-state index is 12.7. The lowest BCUT2D eigenvalue weighted by Crippen LogP contribution is -2.32. The van der Waals surface area contributed by atoms with E-state index in [1.807, 2.05) is 31.2 Å². The van der Waals surface area contributed by atoms with E-state index in [2.05, 4.69) is 22.8 Å². The molecular weight excluding hydrogens is 390 g/mol. The van der Waals surface area contributed by atoms with Gasteiger partial charge in [-0.15, -0.1) is 0 Å². The predicted molar refractivity (Wildman–Crippen MR) is 114 cm³/mol. The van der Waals surface area contributed by atoms with E-state index in [1.165, 1.54) is 0 Å². The molecule has 0 fully saturated rings. The first-order valence-corrected chi connectivity index (χ1v) is 10.2. The number of nitro benzene ring substituents is 1. The molecule has 1 aliphatic carbocycles. The second kappa shape index (κ2) is 7.87. The van der Waals surface area contributed by atoms with Crippen molar-refractivity contribution < 1.29 is 9.72 Å². The summed E-state index contributed by atoms with van der Waals surface area (Å²) in [6.45, 7) is 2.62. The molecule has 2 aromatic carbocycles. The molecule has 0 saturated heterocycles. The van der Waals surface area contributed by atoms with Crippen molar-refractivity contribution in [2.24, 2.45) is 5.92 Å². The van der Waals surface area contributed by atoms with Gasteiger partial charge in [0, 0.05) is 18.5 Å². The van der Waals surface area contributed by atoms with Crippen molar-refractivity contribution in [2.45, 2.75) is 31.7 Å². The molecule has 1 heterocycles. The molecule has 6 nitrogen and oxygen atoms in total. The summed E-state index contributed by atoms with van der Waals surface area (Å²) in [6.07, 6.45) is 6.05. The molecule has 0 radical (unpaired) electrons. The van der Waals surface area contributed by atoms with Gasteiger partial charge in [0.2, 0.25) is 0 Å². The number of para-hydroxylation sites is 1. The third-order valence-electron chi connectivity index (χ3n) is 5.70. The Kier molecular flexibility index (Phi) is 5.28. The molecule has 1 amide bonds. The van der Waals surface area contributed by atoms with Crippen molar-refractivity contribution in [1.82, 2.24) is 5.32 Å². The molecule has 2 aliphatic rings. The van der Waals surface area contributed by atoms with Crippen LogP contribution in [0.2, 0.25) is 5.02 Å². The van der Waals surface area contributed by atoms with Gasteiger partial charge in [-0.05, 0) is 42.0 Å². The lowest BCUT2D eigenvalue weighted by atomic mass is 9.76. The van der Waals surface area contributed by atoms with Gasteiger partial charge >= 0.3 is 0 Å². The summed E-state index contributed by atoms with van der Waals surface area (Å²) in [6, 6.07) is 10.6. The minimum atomic E-state index is -0.462. The molecule has 0 aromatic heterocycles. The summed E-state index contributed by atoms with van der Waals surface area (Å²) in [4.78, 5) is 23.6. The van der Waals surface area contributed by atoms with Gasteiger partial charge in [0.15, 0.2) is 0 Å². The highest BCUT2D eigenvalue weighted by molar-refractivity contribution is 6.32. The topological polar surface area (TPSA) is 84.3 Å². The molecular formula is C22H22ClN3O3. The molecule has 0 bridgehead atoms. The highest BCUT2D eigenvalue weighted by Gasteiger charge is 2.39. The van der Waals surface area contributed by atoms with Crippen LogP contribution in [-0.2, 0) is 0 Å². The van der Waals surface area contributed by atoms with E-state index in [1.54, 1.807) is 12.1 Å². The zero-order chi connectivity index (χ0) is 20.5. The summed E-state index contributed by atoms with van der Waals surface area (Å²) in [7, 11) is 0. The SMILES string of the molecule is CCCNC(=O)c1cccc2c1NC(c1ccc(Cl)c([N+](=O)[O-])c1)C1CC=CC21. The number of amides is 1. The molecule has 1 aliphatic heterocycles. The van der Waals surface area contributed by atoms with E-state index in [9.17, 15) is 14.9 Å². The van der Waals surface area contributed by atoms with Crippen molar-refractivity contribution >= 4 is 28.9 Å². The van der Waals surface area contributed by atoms with Gasteiger partial charge in [-0.25, -0.2) is 0 Å². The Morgan fingerprint density at radius 1 is 1.34 bits per heavy atom. The third-order valence-corrected chi connectivity index (χ3v) is 6.02. The fourth-order valence-electron chi connectivity index (χ4n) is 4.34. The van der Waals surface area contributed by atoms with Gasteiger partial charge in [0.25, 0.3) is 11.6 Å². The van der Waals surface area contributed by atoms with Crippen LogP contribution in [0.5, 0.6) is 0 Å². The maximum Gasteiger partial charge on any atom is 0.288 e. The quantitative estimate of drug-likeness (QED) is 0.401. The predicted octanol–water partition coefficient (Wildman–Crippen LogP) is 5.21. The number of halogens is 1. The zero-order valence-corrected chi connectivity index (χ0v) is 16.8. The smallest absolute Gasteiger partial charge is 0.288 e. The molecule has 2 aromatic rings. The molecule has 0 spiro atoms. The normalized spacial score (nSPS) is 21.8. The highest BCUT2D eigenvalue weighted by Crippen LogP contribution is 2.51. The molecule has 4 rings (SSSR count). The van der Waals surface area contributed by atoms with Crippen molar-refractivity contribution in [3.05, 3.63) is 80.4 Å². The Morgan fingerprint density at radius 2 is 2.17 bits per heavy atom. The lowest BCUT2D eigenvalue weighted by molar-refractivity contribution is -0.384. The fraction of sp³-hybridized carbons (Fsp3) is 0.318. The number of benzene rings is 2. The van der Waals surface area contributed by atoms with Gasteiger partial charge in [-0.3, -0.25) is 14.9 Å².